The van der Waals surface area contributed by atoms with Gasteiger partial charge < -0.3 is 5.32 Å². The summed E-state index contributed by atoms with van der Waals surface area (Å²) >= 11 is 1.83. The summed E-state index contributed by atoms with van der Waals surface area (Å²) in [4.78, 5) is 7.41. The van der Waals surface area contributed by atoms with Gasteiger partial charge in [-0.25, -0.2) is 4.98 Å². The van der Waals surface area contributed by atoms with Crippen molar-refractivity contribution in [2.24, 2.45) is 0 Å². The summed E-state index contributed by atoms with van der Waals surface area (Å²) in [5, 5.41) is 7.19. The Labute approximate surface area is 126 Å². The Morgan fingerprint density at radius 2 is 2.05 bits per heavy atom. The van der Waals surface area contributed by atoms with E-state index in [0.717, 1.165) is 25.2 Å². The number of nitrogens with zero attached hydrogens (tertiary/aromatic N) is 2. The van der Waals surface area contributed by atoms with Crippen molar-refractivity contribution in [2.75, 3.05) is 6.54 Å². The molecule has 3 nitrogen and oxygen atoms in total. The topological polar surface area (TPSA) is 28.2 Å². The van der Waals surface area contributed by atoms with Crippen LogP contribution in [0.4, 0.5) is 0 Å². The van der Waals surface area contributed by atoms with Gasteiger partial charge >= 0.3 is 0 Å². The summed E-state index contributed by atoms with van der Waals surface area (Å²) in [5.41, 5.74) is 1.24. The second-order valence-corrected chi connectivity index (χ2v) is 7.35. The number of nitrogens with one attached hydrogen (secondary N) is 1. The molecule has 2 heterocycles. The fourth-order valence-corrected chi connectivity index (χ4v) is 4.27. The summed E-state index contributed by atoms with van der Waals surface area (Å²) in [5.74, 6) is 0. The highest BCUT2D eigenvalue weighted by Crippen LogP contribution is 2.21. The second-order valence-electron chi connectivity index (χ2n) is 6.41. The van der Waals surface area contributed by atoms with Gasteiger partial charge in [0.1, 0.15) is 5.01 Å². The van der Waals surface area contributed by atoms with Crippen molar-refractivity contribution in [3.8, 4) is 0 Å². The van der Waals surface area contributed by atoms with Crippen molar-refractivity contribution in [1.82, 2.24) is 15.2 Å². The molecule has 0 spiro atoms. The molecule has 3 rings (SSSR count). The molecule has 4 heteroatoms. The van der Waals surface area contributed by atoms with E-state index < -0.39 is 0 Å². The van der Waals surface area contributed by atoms with Crippen LogP contribution in [0.25, 0.3) is 0 Å². The van der Waals surface area contributed by atoms with Crippen molar-refractivity contribution in [1.29, 1.82) is 0 Å². The minimum absolute atomic E-state index is 0.729. The Kier molecular flexibility index (Phi) is 5.08. The molecule has 1 saturated heterocycles. The minimum atomic E-state index is 0.729. The fraction of sp³-hybridized carbons (Fsp3) is 0.812. The van der Waals surface area contributed by atoms with Crippen LogP contribution in [0.5, 0.6) is 0 Å². The molecule has 2 aliphatic rings. The Hall–Kier alpha value is -0.450. The molecule has 1 unspecified atom stereocenters. The normalized spacial score (nSPS) is 25.4. The fourth-order valence-electron chi connectivity index (χ4n) is 3.45. The maximum absolute atomic E-state index is 4.81. The lowest BCUT2D eigenvalue weighted by Gasteiger charge is -2.32. The van der Waals surface area contributed by atoms with Gasteiger partial charge in [-0.15, -0.1) is 11.3 Å². The van der Waals surface area contributed by atoms with Gasteiger partial charge in [0, 0.05) is 24.0 Å². The number of aromatic nitrogens is 1. The third-order valence-electron chi connectivity index (χ3n) is 4.81. The summed E-state index contributed by atoms with van der Waals surface area (Å²) in [6, 6.07) is 1.47. The van der Waals surface area contributed by atoms with Crippen LogP contribution < -0.4 is 5.32 Å². The third-order valence-corrected chi connectivity index (χ3v) is 5.69. The molecule has 112 valence electrons. The zero-order chi connectivity index (χ0) is 13.8. The van der Waals surface area contributed by atoms with Gasteiger partial charge in [0.2, 0.25) is 0 Å². The maximum Gasteiger partial charge on any atom is 0.107 e. The molecule has 0 aromatic carbocycles. The van der Waals surface area contributed by atoms with E-state index in [4.69, 9.17) is 4.98 Å². The molecule has 1 saturated carbocycles. The first-order valence-corrected chi connectivity index (χ1v) is 9.10. The highest BCUT2D eigenvalue weighted by molar-refractivity contribution is 7.09. The van der Waals surface area contributed by atoms with Gasteiger partial charge in [0.25, 0.3) is 0 Å². The number of piperidine rings is 1. The van der Waals surface area contributed by atoms with E-state index in [1.165, 1.54) is 62.2 Å². The van der Waals surface area contributed by atoms with Crippen molar-refractivity contribution < 1.29 is 0 Å². The standard InChI is InChI=1S/C16H27N3S/c1-13-6-4-5-9-19(13)11-16-18-15(12-20-16)10-17-14-7-2-3-8-14/h12-14,17H,2-11H2,1H3. The molecule has 1 aliphatic heterocycles. The summed E-state index contributed by atoms with van der Waals surface area (Å²) in [6.45, 7) is 5.61. The Morgan fingerprint density at radius 1 is 1.25 bits per heavy atom. The number of rotatable bonds is 5. The quantitative estimate of drug-likeness (QED) is 0.900. The molecule has 1 aliphatic carbocycles. The van der Waals surface area contributed by atoms with E-state index in [1.807, 2.05) is 11.3 Å². The van der Waals surface area contributed by atoms with Gasteiger partial charge in [-0.2, -0.15) is 0 Å². The third kappa shape index (κ3) is 3.80. The summed E-state index contributed by atoms with van der Waals surface area (Å²) in [6.07, 6.45) is 9.59. The second kappa shape index (κ2) is 7.01. The van der Waals surface area contributed by atoms with Crippen molar-refractivity contribution in [2.45, 2.75) is 77.0 Å². The molecular formula is C16H27N3S. The van der Waals surface area contributed by atoms with Gasteiger partial charge in [-0.1, -0.05) is 19.3 Å². The Morgan fingerprint density at radius 3 is 2.85 bits per heavy atom. The summed E-state index contributed by atoms with van der Waals surface area (Å²) < 4.78 is 0. The molecule has 1 aromatic heterocycles. The van der Waals surface area contributed by atoms with Crippen LogP contribution in [-0.2, 0) is 13.1 Å². The van der Waals surface area contributed by atoms with Crippen LogP contribution in [0.3, 0.4) is 0 Å². The molecule has 1 N–H and O–H groups in total. The first-order chi connectivity index (χ1) is 9.81. The Balaban J connectivity index is 1.48. The van der Waals surface area contributed by atoms with Crippen LogP contribution in [0.15, 0.2) is 5.38 Å². The van der Waals surface area contributed by atoms with E-state index in [2.05, 4.69) is 22.5 Å². The van der Waals surface area contributed by atoms with E-state index in [1.54, 1.807) is 0 Å². The molecule has 0 radical (unpaired) electrons. The Bertz CT molecular complexity index is 412. The van der Waals surface area contributed by atoms with Crippen LogP contribution in [-0.4, -0.2) is 28.5 Å². The van der Waals surface area contributed by atoms with E-state index in [-0.39, 0.29) is 0 Å². The van der Waals surface area contributed by atoms with Gasteiger partial charge in [-0.3, -0.25) is 4.90 Å². The highest BCUT2D eigenvalue weighted by Gasteiger charge is 2.19. The molecule has 0 amide bonds. The predicted molar refractivity (Wildman–Crippen MR) is 84.9 cm³/mol. The predicted octanol–water partition coefficient (Wildman–Crippen LogP) is 3.55. The molecule has 1 aromatic rings. The monoisotopic (exact) mass is 293 g/mol. The van der Waals surface area contributed by atoms with Crippen LogP contribution in [0.1, 0.15) is 62.6 Å². The van der Waals surface area contributed by atoms with E-state index in [0.29, 0.717) is 0 Å². The smallest absolute Gasteiger partial charge is 0.107 e. The molecule has 0 bridgehead atoms. The van der Waals surface area contributed by atoms with Gasteiger partial charge in [-0.05, 0) is 39.2 Å². The van der Waals surface area contributed by atoms with Crippen molar-refractivity contribution in [3.05, 3.63) is 16.1 Å². The molecular weight excluding hydrogens is 266 g/mol. The average molecular weight is 293 g/mol. The number of likely N-dealkylation sites (tertiary alicyclic amines) is 1. The first-order valence-electron chi connectivity index (χ1n) is 8.22. The van der Waals surface area contributed by atoms with Crippen LogP contribution in [0, 0.1) is 0 Å². The largest absolute Gasteiger partial charge is 0.308 e. The number of thiazole rings is 1. The maximum atomic E-state index is 4.81. The lowest BCUT2D eigenvalue weighted by Crippen LogP contribution is -2.36. The zero-order valence-electron chi connectivity index (χ0n) is 12.6. The van der Waals surface area contributed by atoms with Gasteiger partial charge in [0.15, 0.2) is 0 Å². The number of hydrogen-bond acceptors (Lipinski definition) is 4. The van der Waals surface area contributed by atoms with E-state index in [9.17, 15) is 0 Å². The molecule has 1 atom stereocenters. The van der Waals surface area contributed by atoms with Crippen molar-refractivity contribution >= 4 is 11.3 Å². The lowest BCUT2D eigenvalue weighted by atomic mass is 10.0. The first kappa shape index (κ1) is 14.5. The molecule has 2 fully saturated rings. The zero-order valence-corrected chi connectivity index (χ0v) is 13.4. The van der Waals surface area contributed by atoms with Crippen molar-refractivity contribution in [3.63, 3.8) is 0 Å². The molecule has 20 heavy (non-hydrogen) atoms. The van der Waals surface area contributed by atoms with E-state index >= 15 is 0 Å². The van der Waals surface area contributed by atoms with Gasteiger partial charge in [0.05, 0.1) is 12.2 Å². The average Bonchev–Trinajstić information content (AvgIpc) is 3.10. The van der Waals surface area contributed by atoms with Crippen LogP contribution >= 0.6 is 11.3 Å². The highest BCUT2D eigenvalue weighted by atomic mass is 32.1. The minimum Gasteiger partial charge on any atom is -0.308 e. The lowest BCUT2D eigenvalue weighted by molar-refractivity contribution is 0.152. The summed E-state index contributed by atoms with van der Waals surface area (Å²) in [7, 11) is 0. The number of hydrogen-bond donors (Lipinski definition) is 1. The van der Waals surface area contributed by atoms with Crippen LogP contribution in [0.2, 0.25) is 0 Å². The SMILES string of the molecule is CC1CCCCN1Cc1nc(CNC2CCCC2)cs1.